The number of rotatable bonds is 7. The van der Waals surface area contributed by atoms with Gasteiger partial charge in [-0.3, -0.25) is 14.2 Å². The van der Waals surface area contributed by atoms with Crippen molar-refractivity contribution in [3.8, 4) is 0 Å². The molecule has 0 unspecified atom stereocenters. The van der Waals surface area contributed by atoms with Crippen LogP contribution in [0.4, 0.5) is 5.82 Å². The Morgan fingerprint density at radius 1 is 1.19 bits per heavy atom. The van der Waals surface area contributed by atoms with Crippen LogP contribution in [0.25, 0.3) is 5.65 Å². The van der Waals surface area contributed by atoms with Crippen LogP contribution in [-0.4, -0.2) is 39.9 Å². The Labute approximate surface area is 153 Å². The van der Waals surface area contributed by atoms with Crippen molar-refractivity contribution in [2.24, 2.45) is 0 Å². The van der Waals surface area contributed by atoms with Crippen molar-refractivity contribution in [1.82, 2.24) is 19.7 Å². The second-order valence-electron chi connectivity index (χ2n) is 6.17. The van der Waals surface area contributed by atoms with Crippen LogP contribution in [0, 0.1) is 6.92 Å². The molecule has 0 saturated carbocycles. The first-order valence-corrected chi connectivity index (χ1v) is 9.05. The van der Waals surface area contributed by atoms with Crippen molar-refractivity contribution < 1.29 is 4.79 Å². The quantitative estimate of drug-likeness (QED) is 0.711. The first-order valence-electron chi connectivity index (χ1n) is 9.05. The summed E-state index contributed by atoms with van der Waals surface area (Å²) in [6.45, 7) is 8.59. The molecule has 6 nitrogen and oxygen atoms in total. The Hall–Kier alpha value is -2.89. The first-order chi connectivity index (χ1) is 12.6. The van der Waals surface area contributed by atoms with Gasteiger partial charge in [-0.2, -0.15) is 0 Å². The topological polar surface area (TPSA) is 62.5 Å². The fourth-order valence-electron chi connectivity index (χ4n) is 3.14. The van der Waals surface area contributed by atoms with Crippen LogP contribution < -0.4 is 10.2 Å². The zero-order valence-corrected chi connectivity index (χ0v) is 15.6. The standard InChI is InChI=1S/C20H25N5O/c1-4-24(5-2)20-15(3)23-18-10-9-16(14-25(18)20)19(26)22-13-11-17-8-6-7-12-21-17/h6-10,12,14H,4-5,11,13H2,1-3H3,(H,22,26). The highest BCUT2D eigenvalue weighted by Gasteiger charge is 2.15. The molecule has 3 aromatic rings. The van der Waals surface area contributed by atoms with Gasteiger partial charge in [-0.1, -0.05) is 6.07 Å². The summed E-state index contributed by atoms with van der Waals surface area (Å²) in [5.74, 6) is 0.966. The molecular weight excluding hydrogens is 326 g/mol. The van der Waals surface area contributed by atoms with Crippen LogP contribution >= 0.6 is 0 Å². The van der Waals surface area contributed by atoms with Crippen LogP contribution in [0.2, 0.25) is 0 Å². The Bertz CT molecular complexity index is 884. The van der Waals surface area contributed by atoms with E-state index in [-0.39, 0.29) is 5.91 Å². The van der Waals surface area contributed by atoms with E-state index in [9.17, 15) is 4.79 Å². The molecule has 0 fully saturated rings. The minimum absolute atomic E-state index is 0.0836. The maximum absolute atomic E-state index is 12.5. The lowest BCUT2D eigenvalue weighted by Gasteiger charge is -2.21. The van der Waals surface area contributed by atoms with Gasteiger partial charge in [0, 0.05) is 44.1 Å². The molecule has 0 saturated heterocycles. The van der Waals surface area contributed by atoms with Gasteiger partial charge in [-0.25, -0.2) is 4.98 Å². The molecule has 3 heterocycles. The summed E-state index contributed by atoms with van der Waals surface area (Å²) >= 11 is 0. The minimum atomic E-state index is -0.0836. The van der Waals surface area contributed by atoms with Gasteiger partial charge in [0.25, 0.3) is 5.91 Å². The van der Waals surface area contributed by atoms with E-state index in [1.54, 1.807) is 6.20 Å². The number of amides is 1. The molecule has 0 bridgehead atoms. The number of nitrogens with zero attached hydrogens (tertiary/aromatic N) is 4. The average Bonchev–Trinajstić information content (AvgIpc) is 2.99. The van der Waals surface area contributed by atoms with E-state index >= 15 is 0 Å². The Balaban J connectivity index is 1.77. The van der Waals surface area contributed by atoms with Crippen molar-refractivity contribution >= 4 is 17.4 Å². The highest BCUT2D eigenvalue weighted by Crippen LogP contribution is 2.22. The predicted molar refractivity (Wildman–Crippen MR) is 104 cm³/mol. The SMILES string of the molecule is CCN(CC)c1c(C)nc2ccc(C(=O)NCCc3ccccn3)cn12. The average molecular weight is 351 g/mol. The third-order valence-electron chi connectivity index (χ3n) is 4.48. The third-order valence-corrected chi connectivity index (χ3v) is 4.48. The lowest BCUT2D eigenvalue weighted by atomic mass is 10.2. The van der Waals surface area contributed by atoms with Crippen LogP contribution in [-0.2, 0) is 6.42 Å². The number of carbonyl (C=O) groups is 1. The summed E-state index contributed by atoms with van der Waals surface area (Å²) in [5, 5.41) is 2.97. The summed E-state index contributed by atoms with van der Waals surface area (Å²) in [5.41, 5.74) is 3.43. The number of anilines is 1. The highest BCUT2D eigenvalue weighted by atomic mass is 16.1. The number of hydrogen-bond acceptors (Lipinski definition) is 4. The molecule has 0 radical (unpaired) electrons. The maximum Gasteiger partial charge on any atom is 0.252 e. The van der Waals surface area contributed by atoms with Gasteiger partial charge in [-0.15, -0.1) is 0 Å². The zero-order valence-electron chi connectivity index (χ0n) is 15.6. The van der Waals surface area contributed by atoms with Crippen LogP contribution in [0.15, 0.2) is 42.7 Å². The molecule has 0 aliphatic heterocycles. The number of fused-ring (bicyclic) bond motifs is 1. The van der Waals surface area contributed by atoms with E-state index in [1.165, 1.54) is 0 Å². The van der Waals surface area contributed by atoms with Gasteiger partial charge < -0.3 is 10.2 Å². The van der Waals surface area contributed by atoms with Gasteiger partial charge in [0.05, 0.1) is 11.3 Å². The molecule has 0 aromatic carbocycles. The second-order valence-corrected chi connectivity index (χ2v) is 6.17. The molecule has 1 amide bonds. The van der Waals surface area contributed by atoms with E-state index in [2.05, 4.69) is 34.0 Å². The van der Waals surface area contributed by atoms with Crippen molar-refractivity contribution in [3.63, 3.8) is 0 Å². The minimum Gasteiger partial charge on any atom is -0.357 e. The molecule has 3 rings (SSSR count). The highest BCUT2D eigenvalue weighted by molar-refractivity contribution is 5.94. The molecule has 0 aliphatic rings. The summed E-state index contributed by atoms with van der Waals surface area (Å²) in [6.07, 6.45) is 4.35. The number of imidazole rings is 1. The van der Waals surface area contributed by atoms with Gasteiger partial charge >= 0.3 is 0 Å². The third kappa shape index (κ3) is 3.69. The molecule has 136 valence electrons. The van der Waals surface area contributed by atoms with Crippen LogP contribution in [0.5, 0.6) is 0 Å². The Kier molecular flexibility index (Phi) is 5.51. The molecule has 0 aliphatic carbocycles. The van der Waals surface area contributed by atoms with Gasteiger partial charge in [0.1, 0.15) is 11.5 Å². The summed E-state index contributed by atoms with van der Waals surface area (Å²) in [7, 11) is 0. The predicted octanol–water partition coefficient (Wildman–Crippen LogP) is 2.86. The lowest BCUT2D eigenvalue weighted by Crippen LogP contribution is -2.27. The number of nitrogens with one attached hydrogen (secondary N) is 1. The van der Waals surface area contributed by atoms with E-state index < -0.39 is 0 Å². The molecule has 3 aromatic heterocycles. The lowest BCUT2D eigenvalue weighted by molar-refractivity contribution is 0.0953. The van der Waals surface area contributed by atoms with Crippen LogP contribution in [0.3, 0.4) is 0 Å². The van der Waals surface area contributed by atoms with Crippen molar-refractivity contribution in [3.05, 3.63) is 59.7 Å². The number of pyridine rings is 2. The summed E-state index contributed by atoms with van der Waals surface area (Å²) < 4.78 is 2.01. The number of aryl methyl sites for hydroxylation is 1. The smallest absolute Gasteiger partial charge is 0.252 e. The van der Waals surface area contributed by atoms with E-state index in [0.717, 1.165) is 35.9 Å². The van der Waals surface area contributed by atoms with E-state index in [0.29, 0.717) is 18.5 Å². The number of carbonyl (C=O) groups excluding carboxylic acids is 1. The Morgan fingerprint density at radius 3 is 2.69 bits per heavy atom. The van der Waals surface area contributed by atoms with E-state index in [4.69, 9.17) is 0 Å². The van der Waals surface area contributed by atoms with Crippen LogP contribution in [0.1, 0.15) is 35.6 Å². The monoisotopic (exact) mass is 351 g/mol. The van der Waals surface area contributed by atoms with Gasteiger partial charge in [-0.05, 0) is 45.0 Å². The number of aromatic nitrogens is 3. The maximum atomic E-state index is 12.5. The van der Waals surface area contributed by atoms with Crippen molar-refractivity contribution in [2.75, 3.05) is 24.5 Å². The Morgan fingerprint density at radius 2 is 2.00 bits per heavy atom. The second kappa shape index (κ2) is 7.99. The van der Waals surface area contributed by atoms with Gasteiger partial charge in [0.15, 0.2) is 0 Å². The van der Waals surface area contributed by atoms with Crippen molar-refractivity contribution in [2.45, 2.75) is 27.2 Å². The normalized spacial score (nSPS) is 10.9. The first kappa shape index (κ1) is 17.9. The van der Waals surface area contributed by atoms with Crippen molar-refractivity contribution in [1.29, 1.82) is 0 Å². The fraction of sp³-hybridized carbons (Fsp3) is 0.350. The largest absolute Gasteiger partial charge is 0.357 e. The molecular formula is C20H25N5O. The summed E-state index contributed by atoms with van der Waals surface area (Å²) in [4.78, 5) is 23.7. The molecule has 0 spiro atoms. The fourth-order valence-corrected chi connectivity index (χ4v) is 3.14. The van der Waals surface area contributed by atoms with Gasteiger partial charge in [0.2, 0.25) is 0 Å². The number of hydrogen-bond donors (Lipinski definition) is 1. The summed E-state index contributed by atoms with van der Waals surface area (Å²) in [6, 6.07) is 9.52. The molecule has 26 heavy (non-hydrogen) atoms. The molecule has 0 atom stereocenters. The van der Waals surface area contributed by atoms with E-state index in [1.807, 2.05) is 47.9 Å². The zero-order chi connectivity index (χ0) is 18.5. The molecule has 1 N–H and O–H groups in total. The molecule has 6 heteroatoms.